The van der Waals surface area contributed by atoms with E-state index in [1.807, 2.05) is 0 Å². The Bertz CT molecular complexity index is 919. The number of allylic oxidation sites excluding steroid dienone is 2. The van der Waals surface area contributed by atoms with Gasteiger partial charge < -0.3 is 25.2 Å². The van der Waals surface area contributed by atoms with Gasteiger partial charge in [-0.15, -0.1) is 0 Å². The molecular weight excluding hydrogens is 705 g/mol. The molecule has 3 atom stereocenters. The average molecular weight is 790 g/mol. The molecule has 0 heterocycles. The van der Waals surface area contributed by atoms with E-state index in [2.05, 4.69) is 26.0 Å². The summed E-state index contributed by atoms with van der Waals surface area (Å²) in [6.45, 7) is 3.90. The fraction of sp³-hybridized carbons (Fsp3) is 0.907. The number of rotatable bonds is 43. The number of ether oxygens (including phenoxy) is 2. The number of aliphatic carboxylic acids is 1. The minimum atomic E-state index is -4.61. The molecule has 54 heavy (non-hydrogen) atoms. The predicted octanol–water partition coefficient (Wildman–Crippen LogP) is 12.1. The lowest BCUT2D eigenvalue weighted by Crippen LogP contribution is -2.34. The minimum absolute atomic E-state index is 0.0194. The van der Waals surface area contributed by atoms with Gasteiger partial charge in [0.2, 0.25) is 0 Å². The Labute approximate surface area is 331 Å². The van der Waals surface area contributed by atoms with Gasteiger partial charge in [0.15, 0.2) is 0 Å². The van der Waals surface area contributed by atoms with Crippen LogP contribution in [0.2, 0.25) is 0 Å². The molecule has 11 heteroatoms. The van der Waals surface area contributed by atoms with Gasteiger partial charge in [0.05, 0.1) is 19.8 Å². The van der Waals surface area contributed by atoms with E-state index < -0.39 is 45.1 Å². The van der Waals surface area contributed by atoms with E-state index in [0.29, 0.717) is 13.0 Å². The molecule has 0 aliphatic heterocycles. The zero-order chi connectivity index (χ0) is 39.8. The molecular formula is C43H84NO9P. The van der Waals surface area contributed by atoms with Gasteiger partial charge in [0.25, 0.3) is 0 Å². The highest BCUT2D eigenvalue weighted by molar-refractivity contribution is 7.47. The van der Waals surface area contributed by atoms with E-state index in [4.69, 9.17) is 29.4 Å². The van der Waals surface area contributed by atoms with E-state index in [-0.39, 0.29) is 13.0 Å². The third-order valence-corrected chi connectivity index (χ3v) is 10.7. The van der Waals surface area contributed by atoms with Crippen LogP contribution in [0.15, 0.2) is 12.2 Å². The Kier molecular flexibility index (Phi) is 39.0. The summed E-state index contributed by atoms with van der Waals surface area (Å²) in [6, 6.07) is -1.47. The molecule has 0 aliphatic rings. The van der Waals surface area contributed by atoms with Gasteiger partial charge in [-0.1, -0.05) is 180 Å². The summed E-state index contributed by atoms with van der Waals surface area (Å²) in [5, 5.41) is 8.89. The second-order valence-corrected chi connectivity index (χ2v) is 16.6. The number of carboxylic acid groups (broad SMARTS) is 1. The van der Waals surface area contributed by atoms with Crippen molar-refractivity contribution < 1.29 is 42.7 Å². The molecule has 0 saturated heterocycles. The third kappa shape index (κ3) is 39.0. The number of phosphoric ester groups is 1. The van der Waals surface area contributed by atoms with Crippen LogP contribution < -0.4 is 5.73 Å². The predicted molar refractivity (Wildman–Crippen MR) is 222 cm³/mol. The van der Waals surface area contributed by atoms with Crippen molar-refractivity contribution in [2.75, 3.05) is 26.4 Å². The summed E-state index contributed by atoms with van der Waals surface area (Å²) < 4.78 is 33.4. The van der Waals surface area contributed by atoms with Crippen molar-refractivity contribution in [2.45, 2.75) is 225 Å². The van der Waals surface area contributed by atoms with Crippen molar-refractivity contribution in [1.29, 1.82) is 0 Å². The smallest absolute Gasteiger partial charge is 0.472 e. The summed E-state index contributed by atoms with van der Waals surface area (Å²) in [6.07, 6.45) is 41.2. The molecule has 1 unspecified atom stereocenters. The van der Waals surface area contributed by atoms with Crippen LogP contribution in [0, 0.1) is 0 Å². The molecule has 0 aliphatic carbocycles. The summed E-state index contributed by atoms with van der Waals surface area (Å²) >= 11 is 0. The van der Waals surface area contributed by atoms with Crippen LogP contribution in [-0.2, 0) is 32.7 Å². The zero-order valence-corrected chi connectivity index (χ0v) is 35.7. The quantitative estimate of drug-likeness (QED) is 0.0235. The van der Waals surface area contributed by atoms with Crippen LogP contribution in [-0.4, -0.2) is 60.5 Å². The molecule has 0 radical (unpaired) electrons. The monoisotopic (exact) mass is 790 g/mol. The summed E-state index contributed by atoms with van der Waals surface area (Å²) in [4.78, 5) is 33.5. The van der Waals surface area contributed by atoms with Gasteiger partial charge in [-0.25, -0.2) is 4.57 Å². The first kappa shape index (κ1) is 52.7. The SMILES string of the molecule is CCCCCCC/C=C\CCCCCCCC(=O)O[C@H](COCCCCCCCCCCCCCCCCCCCC)COP(=O)(O)OC[C@H](N)C(=O)O. The minimum Gasteiger partial charge on any atom is -0.480 e. The lowest BCUT2D eigenvalue weighted by Gasteiger charge is -2.20. The fourth-order valence-corrected chi connectivity index (χ4v) is 7.08. The van der Waals surface area contributed by atoms with Gasteiger partial charge in [-0.05, 0) is 38.5 Å². The maximum Gasteiger partial charge on any atom is 0.472 e. The summed E-state index contributed by atoms with van der Waals surface area (Å²) in [5.41, 5.74) is 5.35. The Morgan fingerprint density at radius 3 is 1.41 bits per heavy atom. The number of hydrogen-bond acceptors (Lipinski definition) is 8. The Balaban J connectivity index is 4.19. The molecule has 10 nitrogen and oxygen atoms in total. The Morgan fingerprint density at radius 1 is 0.574 bits per heavy atom. The maximum atomic E-state index is 12.6. The molecule has 0 aromatic carbocycles. The van der Waals surface area contributed by atoms with Crippen molar-refractivity contribution in [2.24, 2.45) is 5.73 Å². The van der Waals surface area contributed by atoms with Crippen molar-refractivity contribution in [3.8, 4) is 0 Å². The first-order valence-corrected chi connectivity index (χ1v) is 23.7. The second kappa shape index (κ2) is 39.9. The standard InChI is InChI=1S/C43H84NO9P/c1-3-5-7-9-11-13-15-17-19-20-21-22-24-26-28-30-32-34-36-50-37-40(38-51-54(48,49)52-39-41(44)43(46)47)53-42(45)35-33-31-29-27-25-23-18-16-14-12-10-8-6-4-2/h16,18,40-41H,3-15,17,19-39,44H2,1-2H3,(H,46,47)(H,48,49)/b18-16-/t40-,41+/m1/s1. The third-order valence-electron chi connectivity index (χ3n) is 9.79. The molecule has 0 spiro atoms. The van der Waals surface area contributed by atoms with E-state index in [0.717, 1.165) is 51.4 Å². The second-order valence-electron chi connectivity index (χ2n) is 15.2. The molecule has 0 bridgehead atoms. The zero-order valence-electron chi connectivity index (χ0n) is 34.8. The van der Waals surface area contributed by atoms with Gasteiger partial charge in [0.1, 0.15) is 12.1 Å². The molecule has 0 rings (SSSR count). The topological polar surface area (TPSA) is 155 Å². The number of nitrogens with two attached hydrogens (primary N) is 1. The number of carboxylic acids is 1. The van der Waals surface area contributed by atoms with Crippen LogP contribution in [0.5, 0.6) is 0 Å². The van der Waals surface area contributed by atoms with Gasteiger partial charge >= 0.3 is 19.8 Å². The molecule has 0 fully saturated rings. The first-order valence-electron chi connectivity index (χ1n) is 22.2. The van der Waals surface area contributed by atoms with E-state index in [9.17, 15) is 19.0 Å². The number of esters is 1. The Hall–Kier alpha value is -1.29. The molecule has 4 N–H and O–H groups in total. The summed E-state index contributed by atoms with van der Waals surface area (Å²) in [7, 11) is -4.61. The lowest BCUT2D eigenvalue weighted by atomic mass is 10.0. The van der Waals surface area contributed by atoms with Crippen LogP contribution in [0.3, 0.4) is 0 Å². The fourth-order valence-electron chi connectivity index (χ4n) is 6.31. The highest BCUT2D eigenvalue weighted by Crippen LogP contribution is 2.43. The van der Waals surface area contributed by atoms with Crippen LogP contribution >= 0.6 is 7.82 Å². The molecule has 0 aromatic heterocycles. The van der Waals surface area contributed by atoms with E-state index in [1.54, 1.807) is 0 Å². The number of carbonyl (C=O) groups is 2. The van der Waals surface area contributed by atoms with E-state index >= 15 is 0 Å². The summed E-state index contributed by atoms with van der Waals surface area (Å²) in [5.74, 6) is -1.78. The highest BCUT2D eigenvalue weighted by Gasteiger charge is 2.27. The van der Waals surface area contributed by atoms with Crippen molar-refractivity contribution in [3.63, 3.8) is 0 Å². The van der Waals surface area contributed by atoms with E-state index in [1.165, 1.54) is 135 Å². The number of hydrogen-bond donors (Lipinski definition) is 3. The van der Waals surface area contributed by atoms with Crippen molar-refractivity contribution >= 4 is 19.8 Å². The van der Waals surface area contributed by atoms with Crippen LogP contribution in [0.1, 0.15) is 213 Å². The van der Waals surface area contributed by atoms with Gasteiger partial charge in [-0.2, -0.15) is 0 Å². The molecule has 0 amide bonds. The first-order chi connectivity index (χ1) is 26.2. The van der Waals surface area contributed by atoms with Crippen molar-refractivity contribution in [1.82, 2.24) is 0 Å². The lowest BCUT2D eigenvalue weighted by molar-refractivity contribution is -0.154. The largest absolute Gasteiger partial charge is 0.480 e. The number of phosphoric acid groups is 1. The van der Waals surface area contributed by atoms with Gasteiger partial charge in [-0.3, -0.25) is 18.6 Å². The van der Waals surface area contributed by atoms with Crippen molar-refractivity contribution in [3.05, 3.63) is 12.2 Å². The Morgan fingerprint density at radius 2 is 0.963 bits per heavy atom. The number of carbonyl (C=O) groups excluding carboxylic acids is 1. The normalized spacial score (nSPS) is 14.0. The van der Waals surface area contributed by atoms with Gasteiger partial charge in [0, 0.05) is 13.0 Å². The average Bonchev–Trinajstić information content (AvgIpc) is 3.15. The number of unbranched alkanes of at least 4 members (excludes halogenated alkanes) is 27. The molecule has 0 saturated carbocycles. The molecule has 0 aromatic rings. The van der Waals surface area contributed by atoms with Crippen LogP contribution in [0.25, 0.3) is 0 Å². The molecule has 320 valence electrons. The maximum absolute atomic E-state index is 12.6. The highest BCUT2D eigenvalue weighted by atomic mass is 31.2. The van der Waals surface area contributed by atoms with Crippen LogP contribution in [0.4, 0.5) is 0 Å².